The molecule has 26 heavy (non-hydrogen) atoms. The molecule has 0 bridgehead atoms. The highest BCUT2D eigenvalue weighted by atomic mass is 35.5. The van der Waals surface area contributed by atoms with Crippen LogP contribution in [0.3, 0.4) is 0 Å². The summed E-state index contributed by atoms with van der Waals surface area (Å²) < 4.78 is 27.6. The number of anilines is 1. The molecule has 1 aliphatic rings. The zero-order chi connectivity index (χ0) is 18.6. The van der Waals surface area contributed by atoms with Gasteiger partial charge in [-0.25, -0.2) is 17.8 Å². The van der Waals surface area contributed by atoms with Gasteiger partial charge in [-0.1, -0.05) is 17.7 Å². The maximum atomic E-state index is 11.5. The molecule has 8 heteroatoms. The maximum absolute atomic E-state index is 11.5. The van der Waals surface area contributed by atoms with Crippen molar-refractivity contribution in [3.8, 4) is 5.69 Å². The van der Waals surface area contributed by atoms with Crippen LogP contribution in [0.1, 0.15) is 32.6 Å². The Labute approximate surface area is 160 Å². The Morgan fingerprint density at radius 1 is 1.23 bits per heavy atom. The molecule has 1 saturated carbocycles. The molecule has 2 N–H and O–H groups in total. The van der Waals surface area contributed by atoms with E-state index in [0.717, 1.165) is 37.2 Å². The van der Waals surface area contributed by atoms with E-state index in [0.29, 0.717) is 23.5 Å². The lowest BCUT2D eigenvalue weighted by atomic mass is 9.86. The fraction of sp³-hybridized carbons (Fsp3) is 0.500. The first kappa shape index (κ1) is 19.2. The molecule has 1 aromatic heterocycles. The van der Waals surface area contributed by atoms with Crippen molar-refractivity contribution in [2.75, 3.05) is 17.6 Å². The lowest BCUT2D eigenvalue weighted by molar-refractivity contribution is 0.337. The van der Waals surface area contributed by atoms with Crippen molar-refractivity contribution >= 4 is 27.4 Å². The van der Waals surface area contributed by atoms with E-state index in [1.165, 1.54) is 0 Å². The second kappa shape index (κ2) is 8.41. The molecular formula is C18H25ClN4O2S. The van der Waals surface area contributed by atoms with Gasteiger partial charge in [-0.2, -0.15) is 5.10 Å². The first-order valence-corrected chi connectivity index (χ1v) is 11.0. The Hall–Kier alpha value is -1.57. The molecule has 1 aliphatic carbocycles. The van der Waals surface area contributed by atoms with E-state index in [2.05, 4.69) is 15.1 Å². The Balaban J connectivity index is 1.49. The summed E-state index contributed by atoms with van der Waals surface area (Å²) in [4.78, 5) is 0. The number of halogens is 1. The Bertz CT molecular complexity index is 829. The third-order valence-corrected chi connectivity index (χ3v) is 6.43. The summed E-state index contributed by atoms with van der Waals surface area (Å²) in [6.07, 6.45) is 5.97. The van der Waals surface area contributed by atoms with Crippen LogP contribution in [0.15, 0.2) is 36.5 Å². The van der Waals surface area contributed by atoms with Gasteiger partial charge in [0.05, 0.1) is 11.4 Å². The van der Waals surface area contributed by atoms with Gasteiger partial charge in [0.2, 0.25) is 10.0 Å². The quantitative estimate of drug-likeness (QED) is 0.751. The molecule has 0 spiro atoms. The fourth-order valence-corrected chi connectivity index (χ4v) is 4.11. The van der Waals surface area contributed by atoms with Gasteiger partial charge in [0.15, 0.2) is 0 Å². The molecule has 2 aromatic rings. The molecule has 0 aliphatic heterocycles. The van der Waals surface area contributed by atoms with E-state index >= 15 is 0 Å². The highest BCUT2D eigenvalue weighted by molar-refractivity contribution is 7.89. The maximum Gasteiger partial charge on any atom is 0.211 e. The fourth-order valence-electron chi connectivity index (χ4n) is 3.23. The van der Waals surface area contributed by atoms with Gasteiger partial charge in [-0.3, -0.25) is 0 Å². The lowest BCUT2D eigenvalue weighted by Crippen LogP contribution is -2.34. The molecule has 1 fully saturated rings. The number of aromatic nitrogens is 2. The predicted octanol–water partition coefficient (Wildman–Crippen LogP) is 3.44. The molecule has 0 amide bonds. The summed E-state index contributed by atoms with van der Waals surface area (Å²) in [6, 6.07) is 9.92. The molecule has 6 nitrogen and oxygen atoms in total. The summed E-state index contributed by atoms with van der Waals surface area (Å²) >= 11 is 6.03. The summed E-state index contributed by atoms with van der Waals surface area (Å²) in [6.45, 7) is 2.21. The highest BCUT2D eigenvalue weighted by Crippen LogP contribution is 2.26. The summed E-state index contributed by atoms with van der Waals surface area (Å²) in [7, 11) is -3.10. The first-order chi connectivity index (χ1) is 12.4. The summed E-state index contributed by atoms with van der Waals surface area (Å²) in [5.41, 5.74) is 0.928. The normalized spacial score (nSPS) is 20.8. The monoisotopic (exact) mass is 396 g/mol. The first-order valence-electron chi connectivity index (χ1n) is 9.00. The second-order valence-electron chi connectivity index (χ2n) is 6.74. The van der Waals surface area contributed by atoms with Gasteiger partial charge in [0.1, 0.15) is 5.82 Å². The van der Waals surface area contributed by atoms with Crippen LogP contribution in [0.5, 0.6) is 0 Å². The SMILES string of the molecule is CCS(=O)(=O)NC[C@H]1CC[C@H](Nc2ccn(-c3cccc(Cl)c3)n2)CC1. The molecular weight excluding hydrogens is 372 g/mol. The van der Waals surface area contributed by atoms with Crippen molar-refractivity contribution in [1.82, 2.24) is 14.5 Å². The highest BCUT2D eigenvalue weighted by Gasteiger charge is 2.22. The molecule has 0 saturated heterocycles. The standard InChI is InChI=1S/C18H25ClN4O2S/c1-2-26(24,25)20-13-14-6-8-16(9-7-14)21-18-10-11-23(22-18)17-5-3-4-15(19)12-17/h3-5,10-12,14,16,20H,2,6-9,13H2,1H3,(H,21,22)/t14-,16-. The van der Waals surface area contributed by atoms with Crippen molar-refractivity contribution in [3.63, 3.8) is 0 Å². The minimum atomic E-state index is -3.10. The average Bonchev–Trinajstić information content (AvgIpc) is 3.10. The van der Waals surface area contributed by atoms with E-state index in [-0.39, 0.29) is 5.75 Å². The van der Waals surface area contributed by atoms with Crippen LogP contribution in [0.2, 0.25) is 5.02 Å². The summed E-state index contributed by atoms with van der Waals surface area (Å²) in [5.74, 6) is 1.40. The van der Waals surface area contributed by atoms with Crippen LogP contribution in [0.25, 0.3) is 5.69 Å². The minimum absolute atomic E-state index is 0.138. The summed E-state index contributed by atoms with van der Waals surface area (Å²) in [5, 5.41) is 8.74. The largest absolute Gasteiger partial charge is 0.366 e. The van der Waals surface area contributed by atoms with Crippen LogP contribution < -0.4 is 10.0 Å². The molecule has 3 rings (SSSR count). The number of nitrogens with one attached hydrogen (secondary N) is 2. The van der Waals surface area contributed by atoms with Crippen LogP contribution in [-0.2, 0) is 10.0 Å². The number of nitrogens with zero attached hydrogens (tertiary/aromatic N) is 2. The third kappa shape index (κ3) is 5.22. The second-order valence-corrected chi connectivity index (χ2v) is 9.27. The zero-order valence-corrected chi connectivity index (χ0v) is 16.4. The van der Waals surface area contributed by atoms with E-state index in [9.17, 15) is 8.42 Å². The van der Waals surface area contributed by atoms with Crippen molar-refractivity contribution in [2.24, 2.45) is 5.92 Å². The Kier molecular flexibility index (Phi) is 6.21. The average molecular weight is 397 g/mol. The van der Waals surface area contributed by atoms with Crippen molar-refractivity contribution < 1.29 is 8.42 Å². The zero-order valence-electron chi connectivity index (χ0n) is 14.9. The Morgan fingerprint density at radius 2 is 2.00 bits per heavy atom. The van der Waals surface area contributed by atoms with Gasteiger partial charge in [0.25, 0.3) is 0 Å². The van der Waals surface area contributed by atoms with Crippen molar-refractivity contribution in [2.45, 2.75) is 38.6 Å². The third-order valence-electron chi connectivity index (χ3n) is 4.83. The van der Waals surface area contributed by atoms with E-state index in [4.69, 9.17) is 11.6 Å². The van der Waals surface area contributed by atoms with E-state index < -0.39 is 10.0 Å². The van der Waals surface area contributed by atoms with Gasteiger partial charge < -0.3 is 5.32 Å². The number of benzene rings is 1. The minimum Gasteiger partial charge on any atom is -0.366 e. The molecule has 0 radical (unpaired) electrons. The number of rotatable bonds is 7. The molecule has 0 unspecified atom stereocenters. The van der Waals surface area contributed by atoms with Crippen LogP contribution in [0, 0.1) is 5.92 Å². The van der Waals surface area contributed by atoms with Gasteiger partial charge in [-0.05, 0) is 56.7 Å². The molecule has 0 atom stereocenters. The van der Waals surface area contributed by atoms with E-state index in [1.807, 2.05) is 36.5 Å². The van der Waals surface area contributed by atoms with Crippen molar-refractivity contribution in [1.29, 1.82) is 0 Å². The van der Waals surface area contributed by atoms with Crippen LogP contribution >= 0.6 is 11.6 Å². The predicted molar refractivity (Wildman–Crippen MR) is 105 cm³/mol. The number of hydrogen-bond acceptors (Lipinski definition) is 4. The van der Waals surface area contributed by atoms with Crippen LogP contribution in [-0.4, -0.2) is 36.5 Å². The van der Waals surface area contributed by atoms with E-state index in [1.54, 1.807) is 11.6 Å². The van der Waals surface area contributed by atoms with Gasteiger partial charge >= 0.3 is 0 Å². The van der Waals surface area contributed by atoms with Gasteiger partial charge in [-0.15, -0.1) is 0 Å². The molecule has 1 aromatic carbocycles. The van der Waals surface area contributed by atoms with Crippen molar-refractivity contribution in [3.05, 3.63) is 41.6 Å². The lowest BCUT2D eigenvalue weighted by Gasteiger charge is -2.29. The smallest absolute Gasteiger partial charge is 0.211 e. The van der Waals surface area contributed by atoms with Gasteiger partial charge in [0, 0.05) is 29.9 Å². The molecule has 1 heterocycles. The Morgan fingerprint density at radius 3 is 2.69 bits per heavy atom. The van der Waals surface area contributed by atoms with Crippen LogP contribution in [0.4, 0.5) is 5.82 Å². The number of sulfonamides is 1. The topological polar surface area (TPSA) is 76.0 Å². The molecule has 142 valence electrons. The number of hydrogen-bond donors (Lipinski definition) is 2.